The van der Waals surface area contributed by atoms with Gasteiger partial charge in [0.2, 0.25) is 0 Å². The van der Waals surface area contributed by atoms with Crippen LogP contribution in [0.15, 0.2) is 48.5 Å². The third kappa shape index (κ3) is 2.50. The molecule has 2 aromatic carbocycles. The van der Waals surface area contributed by atoms with E-state index in [1.807, 2.05) is 18.2 Å². The van der Waals surface area contributed by atoms with Crippen LogP contribution in [0.2, 0.25) is 0 Å². The van der Waals surface area contributed by atoms with Crippen LogP contribution in [0.3, 0.4) is 0 Å². The number of anilines is 1. The predicted molar refractivity (Wildman–Crippen MR) is 97.2 cm³/mol. The summed E-state index contributed by atoms with van der Waals surface area (Å²) in [5.41, 5.74) is 3.08. The van der Waals surface area contributed by atoms with Gasteiger partial charge < -0.3 is 4.90 Å². The Hall–Kier alpha value is -3.02. The predicted octanol–water partition coefficient (Wildman–Crippen LogP) is 3.93. The maximum atomic E-state index is 13.2. The maximum Gasteiger partial charge on any atom is 0.186 e. The van der Waals surface area contributed by atoms with Gasteiger partial charge >= 0.3 is 0 Å². The Kier molecular flexibility index (Phi) is 3.80. The van der Waals surface area contributed by atoms with Gasteiger partial charge in [0, 0.05) is 24.0 Å². The third-order valence-electron chi connectivity index (χ3n) is 4.41. The van der Waals surface area contributed by atoms with Crippen LogP contribution >= 0.6 is 0 Å². The van der Waals surface area contributed by atoms with Crippen LogP contribution in [0.4, 0.5) is 10.2 Å². The summed E-state index contributed by atoms with van der Waals surface area (Å²) in [6, 6.07) is 14.3. The second-order valence-electron chi connectivity index (χ2n) is 5.81. The van der Waals surface area contributed by atoms with Gasteiger partial charge in [-0.05, 0) is 50.2 Å². The van der Waals surface area contributed by atoms with Crippen LogP contribution in [0.1, 0.15) is 13.8 Å². The number of benzene rings is 2. The Labute approximate surface area is 144 Å². The maximum absolute atomic E-state index is 13.2. The Morgan fingerprint density at radius 3 is 2.44 bits per heavy atom. The van der Waals surface area contributed by atoms with Crippen LogP contribution in [0.25, 0.3) is 27.8 Å². The fourth-order valence-electron chi connectivity index (χ4n) is 3.11. The van der Waals surface area contributed by atoms with Crippen LogP contribution in [-0.2, 0) is 0 Å². The zero-order chi connectivity index (χ0) is 17.4. The molecule has 0 N–H and O–H groups in total. The van der Waals surface area contributed by atoms with E-state index in [1.165, 1.54) is 12.1 Å². The molecule has 0 atom stereocenters. The van der Waals surface area contributed by atoms with Gasteiger partial charge in [0.1, 0.15) is 17.3 Å². The number of fused-ring (bicyclic) bond motifs is 3. The molecule has 0 amide bonds. The molecule has 0 unspecified atom stereocenters. The number of nitrogens with zero attached hydrogens (tertiary/aromatic N) is 5. The summed E-state index contributed by atoms with van der Waals surface area (Å²) < 4.78 is 15.0. The third-order valence-corrected chi connectivity index (χ3v) is 4.41. The van der Waals surface area contributed by atoms with E-state index in [9.17, 15) is 4.39 Å². The minimum Gasteiger partial charge on any atom is -0.357 e. The number of aromatic nitrogens is 4. The largest absolute Gasteiger partial charge is 0.357 e. The standard InChI is InChI=1S/C19H18FN5/c1-3-24(4-2)18-15-7-5-6-8-16(15)25-19(21-18)17(22-23-25)13-9-11-14(20)12-10-13/h5-12H,3-4H2,1-2H3. The lowest BCUT2D eigenvalue weighted by molar-refractivity contribution is 0.628. The van der Waals surface area contributed by atoms with Gasteiger partial charge in [-0.15, -0.1) is 5.10 Å². The smallest absolute Gasteiger partial charge is 0.186 e. The van der Waals surface area contributed by atoms with E-state index in [0.29, 0.717) is 11.3 Å². The van der Waals surface area contributed by atoms with Crippen LogP contribution in [0, 0.1) is 5.82 Å². The minimum absolute atomic E-state index is 0.275. The fourth-order valence-corrected chi connectivity index (χ4v) is 3.11. The van der Waals surface area contributed by atoms with Gasteiger partial charge in [-0.2, -0.15) is 4.52 Å². The van der Waals surface area contributed by atoms with E-state index < -0.39 is 0 Å². The number of hydrogen-bond acceptors (Lipinski definition) is 4. The molecule has 4 aromatic rings. The SMILES string of the molecule is CCN(CC)c1nc2c(-c3ccc(F)cc3)nnn2c2ccccc12. The topological polar surface area (TPSA) is 46.3 Å². The molecule has 2 aromatic heterocycles. The van der Waals surface area contributed by atoms with E-state index in [4.69, 9.17) is 4.98 Å². The molecule has 0 bridgehead atoms. The van der Waals surface area contributed by atoms with Crippen molar-refractivity contribution in [2.45, 2.75) is 13.8 Å². The van der Waals surface area contributed by atoms with Gasteiger partial charge in [-0.1, -0.05) is 17.3 Å². The second kappa shape index (κ2) is 6.12. The molecular formula is C19H18FN5. The lowest BCUT2D eigenvalue weighted by atomic mass is 10.1. The summed E-state index contributed by atoms with van der Waals surface area (Å²) in [6.07, 6.45) is 0. The van der Waals surface area contributed by atoms with E-state index >= 15 is 0 Å². The first-order valence-corrected chi connectivity index (χ1v) is 8.38. The minimum atomic E-state index is -0.275. The molecule has 2 heterocycles. The molecular weight excluding hydrogens is 317 g/mol. The molecule has 0 aliphatic carbocycles. The molecule has 25 heavy (non-hydrogen) atoms. The molecule has 0 radical (unpaired) electrons. The number of rotatable bonds is 4. The summed E-state index contributed by atoms with van der Waals surface area (Å²) in [4.78, 5) is 7.09. The molecule has 0 saturated heterocycles. The van der Waals surface area contributed by atoms with E-state index in [-0.39, 0.29) is 5.82 Å². The van der Waals surface area contributed by atoms with Gasteiger partial charge in [0.25, 0.3) is 0 Å². The second-order valence-corrected chi connectivity index (χ2v) is 5.81. The normalized spacial score (nSPS) is 11.3. The fraction of sp³-hybridized carbons (Fsp3) is 0.211. The molecule has 0 saturated carbocycles. The molecule has 126 valence electrons. The van der Waals surface area contributed by atoms with Crippen molar-refractivity contribution in [3.63, 3.8) is 0 Å². The molecule has 6 heteroatoms. The number of hydrogen-bond donors (Lipinski definition) is 0. The zero-order valence-corrected chi connectivity index (χ0v) is 14.1. The average molecular weight is 335 g/mol. The molecule has 0 fully saturated rings. The Balaban J connectivity index is 2.04. The first-order valence-electron chi connectivity index (χ1n) is 8.38. The number of para-hydroxylation sites is 1. The molecule has 4 rings (SSSR count). The Morgan fingerprint density at radius 1 is 1.00 bits per heavy atom. The first-order chi connectivity index (χ1) is 12.2. The van der Waals surface area contributed by atoms with Crippen molar-refractivity contribution in [3.05, 3.63) is 54.3 Å². The van der Waals surface area contributed by atoms with Crippen molar-refractivity contribution >= 4 is 22.4 Å². The van der Waals surface area contributed by atoms with Crippen LogP contribution in [-0.4, -0.2) is 32.9 Å². The van der Waals surface area contributed by atoms with Crippen molar-refractivity contribution in [3.8, 4) is 11.3 Å². The van der Waals surface area contributed by atoms with Crippen molar-refractivity contribution in [1.29, 1.82) is 0 Å². The van der Waals surface area contributed by atoms with E-state index in [1.54, 1.807) is 16.6 Å². The highest BCUT2D eigenvalue weighted by Crippen LogP contribution is 2.29. The molecule has 0 aliphatic rings. The summed E-state index contributed by atoms with van der Waals surface area (Å²) in [7, 11) is 0. The molecule has 0 aliphatic heterocycles. The van der Waals surface area contributed by atoms with Crippen molar-refractivity contribution in [1.82, 2.24) is 19.8 Å². The lowest BCUT2D eigenvalue weighted by Gasteiger charge is -2.21. The van der Waals surface area contributed by atoms with E-state index in [0.717, 1.165) is 35.4 Å². The van der Waals surface area contributed by atoms with Crippen molar-refractivity contribution in [2.75, 3.05) is 18.0 Å². The summed E-state index contributed by atoms with van der Waals surface area (Å²) >= 11 is 0. The Bertz CT molecular complexity index is 1030. The highest BCUT2D eigenvalue weighted by Gasteiger charge is 2.17. The van der Waals surface area contributed by atoms with Gasteiger partial charge in [-0.3, -0.25) is 0 Å². The lowest BCUT2D eigenvalue weighted by Crippen LogP contribution is -2.23. The quantitative estimate of drug-likeness (QED) is 0.567. The van der Waals surface area contributed by atoms with Crippen LogP contribution < -0.4 is 4.90 Å². The molecule has 0 spiro atoms. The first kappa shape index (κ1) is 15.5. The summed E-state index contributed by atoms with van der Waals surface area (Å²) in [5.74, 6) is 0.640. The van der Waals surface area contributed by atoms with E-state index in [2.05, 4.69) is 35.1 Å². The highest BCUT2D eigenvalue weighted by molar-refractivity contribution is 5.93. The average Bonchev–Trinajstić information content (AvgIpc) is 3.07. The summed E-state index contributed by atoms with van der Waals surface area (Å²) in [5, 5.41) is 9.63. The molecule has 5 nitrogen and oxygen atoms in total. The van der Waals surface area contributed by atoms with Gasteiger partial charge in [-0.25, -0.2) is 9.37 Å². The van der Waals surface area contributed by atoms with Gasteiger partial charge in [0.15, 0.2) is 5.65 Å². The Morgan fingerprint density at radius 2 is 1.72 bits per heavy atom. The monoisotopic (exact) mass is 335 g/mol. The zero-order valence-electron chi connectivity index (χ0n) is 14.1. The van der Waals surface area contributed by atoms with Crippen molar-refractivity contribution < 1.29 is 4.39 Å². The summed E-state index contributed by atoms with van der Waals surface area (Å²) in [6.45, 7) is 5.94. The van der Waals surface area contributed by atoms with Crippen molar-refractivity contribution in [2.24, 2.45) is 0 Å². The highest BCUT2D eigenvalue weighted by atomic mass is 19.1. The van der Waals surface area contributed by atoms with Crippen LogP contribution in [0.5, 0.6) is 0 Å². The number of halogens is 1. The van der Waals surface area contributed by atoms with Gasteiger partial charge in [0.05, 0.1) is 5.52 Å².